The number of benzene rings is 1. The number of likely N-dealkylation sites (tertiary alicyclic amines) is 1. The van der Waals surface area contributed by atoms with Crippen LogP contribution in [-0.4, -0.2) is 36.2 Å². The molecule has 0 aliphatic carbocycles. The van der Waals surface area contributed by atoms with E-state index in [1.165, 1.54) is 37.1 Å². The summed E-state index contributed by atoms with van der Waals surface area (Å²) < 4.78 is 0. The highest BCUT2D eigenvalue weighted by Crippen LogP contribution is 2.18. The summed E-state index contributed by atoms with van der Waals surface area (Å²) in [6.07, 6.45) is 2.67. The number of hydrogen-bond donors (Lipinski definition) is 2. The summed E-state index contributed by atoms with van der Waals surface area (Å²) in [6.45, 7) is 6.43. The van der Waals surface area contributed by atoms with Crippen molar-refractivity contribution in [3.63, 3.8) is 0 Å². The lowest BCUT2D eigenvalue weighted by molar-refractivity contribution is 0.311. The Morgan fingerprint density at radius 2 is 2.00 bits per heavy atom. The van der Waals surface area contributed by atoms with E-state index >= 15 is 0 Å². The number of aliphatic hydroxyl groups excluding tert-OH is 1. The van der Waals surface area contributed by atoms with Gasteiger partial charge in [-0.05, 0) is 56.1 Å². The summed E-state index contributed by atoms with van der Waals surface area (Å²) in [6, 6.07) is 6.58. The molecule has 3 heteroatoms. The molecule has 0 spiro atoms. The Labute approximate surface area is 103 Å². The first-order valence-electron chi connectivity index (χ1n) is 6.45. The monoisotopic (exact) mass is 234 g/mol. The Kier molecular flexibility index (Phi) is 4.40. The quantitative estimate of drug-likeness (QED) is 0.818. The van der Waals surface area contributed by atoms with Crippen molar-refractivity contribution in [2.24, 2.45) is 0 Å². The fourth-order valence-electron chi connectivity index (χ4n) is 2.45. The average Bonchev–Trinajstić information content (AvgIpc) is 2.78. The molecule has 0 amide bonds. The third kappa shape index (κ3) is 3.72. The molecule has 1 saturated heterocycles. The highest BCUT2D eigenvalue weighted by molar-refractivity contribution is 5.48. The lowest BCUT2D eigenvalue weighted by Gasteiger charge is -2.16. The lowest BCUT2D eigenvalue weighted by atomic mass is 10.1. The Morgan fingerprint density at radius 3 is 2.71 bits per heavy atom. The molecule has 2 rings (SSSR count). The van der Waals surface area contributed by atoms with Crippen LogP contribution >= 0.6 is 0 Å². The van der Waals surface area contributed by atoms with Crippen molar-refractivity contribution in [3.8, 4) is 0 Å². The normalized spacial score (nSPS) is 16.4. The van der Waals surface area contributed by atoms with Crippen LogP contribution in [0.4, 0.5) is 5.69 Å². The third-order valence-electron chi connectivity index (χ3n) is 3.18. The molecule has 1 aromatic rings. The van der Waals surface area contributed by atoms with E-state index in [4.69, 9.17) is 5.11 Å². The van der Waals surface area contributed by atoms with Crippen molar-refractivity contribution < 1.29 is 5.11 Å². The van der Waals surface area contributed by atoms with E-state index in [1.54, 1.807) is 0 Å². The summed E-state index contributed by atoms with van der Waals surface area (Å²) in [5, 5.41) is 12.1. The second-order valence-corrected chi connectivity index (χ2v) is 4.84. The predicted molar refractivity (Wildman–Crippen MR) is 71.3 cm³/mol. The average molecular weight is 234 g/mol. The largest absolute Gasteiger partial charge is 0.395 e. The Balaban J connectivity index is 2.02. The Hall–Kier alpha value is -1.06. The summed E-state index contributed by atoms with van der Waals surface area (Å²) in [5.41, 5.74) is 3.77. The van der Waals surface area contributed by atoms with Gasteiger partial charge in [0.25, 0.3) is 0 Å². The maximum atomic E-state index is 8.83. The maximum absolute atomic E-state index is 8.83. The van der Waals surface area contributed by atoms with Crippen LogP contribution < -0.4 is 5.32 Å². The van der Waals surface area contributed by atoms with Gasteiger partial charge >= 0.3 is 0 Å². The number of nitrogens with zero attached hydrogens (tertiary/aromatic N) is 1. The number of aliphatic hydroxyl groups is 1. The van der Waals surface area contributed by atoms with Crippen LogP contribution in [-0.2, 0) is 6.54 Å². The van der Waals surface area contributed by atoms with Gasteiger partial charge in [0.1, 0.15) is 0 Å². The molecule has 0 atom stereocenters. The highest BCUT2D eigenvalue weighted by Gasteiger charge is 2.12. The van der Waals surface area contributed by atoms with Crippen LogP contribution in [0.2, 0.25) is 0 Å². The third-order valence-corrected chi connectivity index (χ3v) is 3.18. The molecule has 0 unspecified atom stereocenters. The molecule has 94 valence electrons. The van der Waals surface area contributed by atoms with Crippen LogP contribution in [0.25, 0.3) is 0 Å². The minimum Gasteiger partial charge on any atom is -0.395 e. The molecule has 1 heterocycles. The van der Waals surface area contributed by atoms with Crippen molar-refractivity contribution >= 4 is 5.69 Å². The van der Waals surface area contributed by atoms with Crippen LogP contribution in [0.3, 0.4) is 0 Å². The van der Waals surface area contributed by atoms with Gasteiger partial charge in [-0.15, -0.1) is 0 Å². The maximum Gasteiger partial charge on any atom is 0.0604 e. The molecule has 1 aliphatic heterocycles. The number of nitrogens with one attached hydrogen (secondary N) is 1. The van der Waals surface area contributed by atoms with E-state index in [2.05, 4.69) is 35.3 Å². The minimum absolute atomic E-state index is 0.176. The van der Waals surface area contributed by atoms with Crippen LogP contribution in [0.1, 0.15) is 24.0 Å². The number of rotatable bonds is 5. The van der Waals surface area contributed by atoms with Gasteiger partial charge in [-0.1, -0.05) is 6.07 Å². The van der Waals surface area contributed by atoms with Gasteiger partial charge in [0.05, 0.1) is 6.61 Å². The topological polar surface area (TPSA) is 35.5 Å². The molecular formula is C14H22N2O. The molecule has 0 bridgehead atoms. The number of hydrogen-bond acceptors (Lipinski definition) is 3. The van der Waals surface area contributed by atoms with Gasteiger partial charge in [-0.3, -0.25) is 4.90 Å². The summed E-state index contributed by atoms with van der Waals surface area (Å²) in [4.78, 5) is 2.50. The zero-order chi connectivity index (χ0) is 12.1. The number of anilines is 1. The first-order valence-corrected chi connectivity index (χ1v) is 6.45. The summed E-state index contributed by atoms with van der Waals surface area (Å²) >= 11 is 0. The van der Waals surface area contributed by atoms with Crippen LogP contribution in [0.5, 0.6) is 0 Å². The summed E-state index contributed by atoms with van der Waals surface area (Å²) in [7, 11) is 0. The van der Waals surface area contributed by atoms with E-state index in [9.17, 15) is 0 Å². The van der Waals surface area contributed by atoms with E-state index in [1.807, 2.05) is 0 Å². The SMILES string of the molecule is Cc1cc(CN2CCCC2)cc(NCCO)c1. The van der Waals surface area contributed by atoms with Gasteiger partial charge in [-0.25, -0.2) is 0 Å². The first kappa shape index (κ1) is 12.4. The van der Waals surface area contributed by atoms with Crippen molar-refractivity contribution in [2.45, 2.75) is 26.3 Å². The Bertz CT molecular complexity index is 359. The van der Waals surface area contributed by atoms with Gasteiger partial charge in [0.2, 0.25) is 0 Å². The van der Waals surface area contributed by atoms with Gasteiger partial charge in [-0.2, -0.15) is 0 Å². The van der Waals surface area contributed by atoms with Crippen LogP contribution in [0, 0.1) is 6.92 Å². The van der Waals surface area contributed by atoms with E-state index in [0.717, 1.165) is 12.2 Å². The molecule has 1 aliphatic rings. The molecule has 1 fully saturated rings. The molecule has 2 N–H and O–H groups in total. The first-order chi connectivity index (χ1) is 8.28. The second-order valence-electron chi connectivity index (χ2n) is 4.84. The van der Waals surface area contributed by atoms with Gasteiger partial charge in [0, 0.05) is 18.8 Å². The molecule has 0 radical (unpaired) electrons. The predicted octanol–water partition coefficient (Wildman–Crippen LogP) is 2.00. The Morgan fingerprint density at radius 1 is 1.24 bits per heavy atom. The van der Waals surface area contributed by atoms with E-state index in [-0.39, 0.29) is 6.61 Å². The van der Waals surface area contributed by atoms with Crippen LogP contribution in [0.15, 0.2) is 18.2 Å². The number of aryl methyl sites for hydroxylation is 1. The molecule has 17 heavy (non-hydrogen) atoms. The van der Waals surface area contributed by atoms with Crippen molar-refractivity contribution in [2.75, 3.05) is 31.6 Å². The molecular weight excluding hydrogens is 212 g/mol. The van der Waals surface area contributed by atoms with Gasteiger partial charge in [0.15, 0.2) is 0 Å². The van der Waals surface area contributed by atoms with E-state index < -0.39 is 0 Å². The van der Waals surface area contributed by atoms with Gasteiger partial charge < -0.3 is 10.4 Å². The molecule has 3 nitrogen and oxygen atoms in total. The zero-order valence-corrected chi connectivity index (χ0v) is 10.6. The van der Waals surface area contributed by atoms with Crippen molar-refractivity contribution in [1.82, 2.24) is 4.90 Å². The summed E-state index contributed by atoms with van der Waals surface area (Å²) in [5.74, 6) is 0. The lowest BCUT2D eigenvalue weighted by Crippen LogP contribution is -2.18. The smallest absolute Gasteiger partial charge is 0.0604 e. The van der Waals surface area contributed by atoms with Crippen molar-refractivity contribution in [1.29, 1.82) is 0 Å². The second kappa shape index (κ2) is 6.03. The fraction of sp³-hybridized carbons (Fsp3) is 0.571. The van der Waals surface area contributed by atoms with E-state index in [0.29, 0.717) is 6.54 Å². The molecule has 0 saturated carbocycles. The van der Waals surface area contributed by atoms with Crippen molar-refractivity contribution in [3.05, 3.63) is 29.3 Å². The molecule has 0 aromatic heterocycles. The zero-order valence-electron chi connectivity index (χ0n) is 10.6. The standard InChI is InChI=1S/C14H22N2O/c1-12-8-13(11-16-5-2-3-6-16)10-14(9-12)15-4-7-17/h8-10,15,17H,2-7,11H2,1H3. The highest BCUT2D eigenvalue weighted by atomic mass is 16.3. The minimum atomic E-state index is 0.176. The fourth-order valence-corrected chi connectivity index (χ4v) is 2.45. The molecule has 1 aromatic carbocycles.